The minimum Gasteiger partial charge on any atom is -0.481 e. The molecule has 0 radical (unpaired) electrons. The highest BCUT2D eigenvalue weighted by molar-refractivity contribution is 5.68. The second kappa shape index (κ2) is 4.52. The summed E-state index contributed by atoms with van der Waals surface area (Å²) in [6, 6.07) is 0. The smallest absolute Gasteiger partial charge is 0.305 e. The first kappa shape index (κ1) is 12.5. The van der Waals surface area contributed by atoms with Crippen molar-refractivity contribution in [2.45, 2.75) is 45.1 Å². The van der Waals surface area contributed by atoms with Crippen LogP contribution in [0.15, 0.2) is 0 Å². The van der Waals surface area contributed by atoms with Crippen LogP contribution in [0.3, 0.4) is 0 Å². The molecule has 3 unspecified atom stereocenters. The van der Waals surface area contributed by atoms with Gasteiger partial charge in [-0.1, -0.05) is 20.3 Å². The van der Waals surface area contributed by atoms with Crippen LogP contribution in [0.4, 0.5) is 0 Å². The number of hydrogen-bond acceptors (Lipinski definition) is 2. The van der Waals surface area contributed by atoms with Gasteiger partial charge in [0.25, 0.3) is 0 Å². The van der Waals surface area contributed by atoms with E-state index in [1.165, 1.54) is 6.42 Å². The lowest BCUT2D eigenvalue weighted by atomic mass is 9.67. The van der Waals surface area contributed by atoms with Crippen LogP contribution in [-0.2, 0) is 4.79 Å². The van der Waals surface area contributed by atoms with Gasteiger partial charge in [-0.05, 0) is 38.8 Å². The van der Waals surface area contributed by atoms with Crippen LogP contribution in [-0.4, -0.2) is 35.6 Å². The molecule has 0 aromatic heterocycles. The highest BCUT2D eigenvalue weighted by atomic mass is 16.4. The molecule has 0 bridgehead atoms. The molecule has 3 heteroatoms. The second-order valence-electron chi connectivity index (χ2n) is 5.36. The average Bonchev–Trinajstić information content (AvgIpc) is 2.10. The molecule has 1 rings (SSSR count). The van der Waals surface area contributed by atoms with Crippen LogP contribution in [0.1, 0.15) is 39.5 Å². The monoisotopic (exact) mass is 213 g/mol. The Labute approximate surface area is 92.5 Å². The third-order valence-corrected chi connectivity index (χ3v) is 4.06. The molecule has 1 N–H and O–H groups in total. The van der Waals surface area contributed by atoms with E-state index in [-0.39, 0.29) is 12.0 Å². The molecule has 0 aromatic carbocycles. The van der Waals surface area contributed by atoms with Crippen molar-refractivity contribution >= 4 is 5.97 Å². The molecular formula is C12H23NO2. The standard InChI is InChI=1S/C12H23NO2/c1-9-5-6-10(2)12(7-9,13(3)4)8-11(14)15/h9-10H,5-8H2,1-4H3,(H,14,15). The van der Waals surface area contributed by atoms with Crippen molar-refractivity contribution in [1.29, 1.82) is 0 Å². The second-order valence-corrected chi connectivity index (χ2v) is 5.36. The van der Waals surface area contributed by atoms with Crippen LogP contribution < -0.4 is 0 Å². The summed E-state index contributed by atoms with van der Waals surface area (Å²) in [6.07, 6.45) is 3.65. The molecule has 1 aliphatic carbocycles. The molecule has 1 aliphatic rings. The van der Waals surface area contributed by atoms with Crippen LogP contribution in [0, 0.1) is 11.8 Å². The Morgan fingerprint density at radius 3 is 2.47 bits per heavy atom. The first-order valence-electron chi connectivity index (χ1n) is 5.77. The van der Waals surface area contributed by atoms with E-state index in [9.17, 15) is 4.79 Å². The summed E-state index contributed by atoms with van der Waals surface area (Å²) in [6.45, 7) is 4.42. The summed E-state index contributed by atoms with van der Waals surface area (Å²) in [5.74, 6) is 0.437. The predicted molar refractivity (Wildman–Crippen MR) is 60.8 cm³/mol. The van der Waals surface area contributed by atoms with Crippen molar-refractivity contribution in [3.8, 4) is 0 Å². The first-order valence-corrected chi connectivity index (χ1v) is 5.77. The highest BCUT2D eigenvalue weighted by Crippen LogP contribution is 2.42. The molecular weight excluding hydrogens is 190 g/mol. The fourth-order valence-corrected chi connectivity index (χ4v) is 3.00. The Balaban J connectivity index is 2.90. The number of carbonyl (C=O) groups is 1. The van der Waals surface area contributed by atoms with Crippen LogP contribution in [0.5, 0.6) is 0 Å². The van der Waals surface area contributed by atoms with Crippen molar-refractivity contribution in [2.24, 2.45) is 11.8 Å². The van der Waals surface area contributed by atoms with E-state index >= 15 is 0 Å². The Kier molecular flexibility index (Phi) is 3.77. The average molecular weight is 213 g/mol. The molecule has 3 nitrogen and oxygen atoms in total. The third kappa shape index (κ3) is 2.51. The molecule has 0 aliphatic heterocycles. The maximum absolute atomic E-state index is 11.0. The third-order valence-electron chi connectivity index (χ3n) is 4.06. The number of aliphatic carboxylic acids is 1. The normalized spacial score (nSPS) is 36.9. The minimum absolute atomic E-state index is 0.135. The van der Waals surface area contributed by atoms with Gasteiger partial charge in [-0.3, -0.25) is 4.79 Å². The van der Waals surface area contributed by atoms with Crippen molar-refractivity contribution in [2.75, 3.05) is 14.1 Å². The van der Waals surface area contributed by atoms with Gasteiger partial charge in [-0.25, -0.2) is 0 Å². The van der Waals surface area contributed by atoms with Crippen molar-refractivity contribution in [1.82, 2.24) is 4.90 Å². The van der Waals surface area contributed by atoms with Gasteiger partial charge in [0.1, 0.15) is 0 Å². The quantitative estimate of drug-likeness (QED) is 0.781. The number of carboxylic acid groups (broad SMARTS) is 1. The molecule has 1 saturated carbocycles. The van der Waals surface area contributed by atoms with Gasteiger partial charge in [0, 0.05) is 5.54 Å². The number of rotatable bonds is 3. The van der Waals surface area contributed by atoms with Gasteiger partial charge in [-0.2, -0.15) is 0 Å². The molecule has 15 heavy (non-hydrogen) atoms. The first-order chi connectivity index (χ1) is 6.88. The van der Waals surface area contributed by atoms with Gasteiger partial charge in [0.05, 0.1) is 6.42 Å². The topological polar surface area (TPSA) is 40.5 Å². The molecule has 88 valence electrons. The lowest BCUT2D eigenvalue weighted by molar-refractivity contribution is -0.142. The molecule has 0 spiro atoms. The predicted octanol–water partition coefficient (Wildman–Crippen LogP) is 2.22. The summed E-state index contributed by atoms with van der Waals surface area (Å²) in [7, 11) is 4.02. The minimum atomic E-state index is -0.676. The van der Waals surface area contributed by atoms with Gasteiger partial charge < -0.3 is 10.0 Å². The SMILES string of the molecule is CC1CCC(C)C(CC(=O)O)(N(C)C)C1. The van der Waals surface area contributed by atoms with Crippen LogP contribution in [0.2, 0.25) is 0 Å². The van der Waals surface area contributed by atoms with Crippen LogP contribution >= 0.6 is 0 Å². The molecule has 0 aromatic rings. The zero-order valence-electron chi connectivity index (χ0n) is 10.3. The number of hydrogen-bond donors (Lipinski definition) is 1. The van der Waals surface area contributed by atoms with E-state index in [2.05, 4.69) is 18.7 Å². The maximum Gasteiger partial charge on any atom is 0.305 e. The van der Waals surface area contributed by atoms with E-state index < -0.39 is 5.97 Å². The lowest BCUT2D eigenvalue weighted by Crippen LogP contribution is -2.54. The lowest BCUT2D eigenvalue weighted by Gasteiger charge is -2.49. The Hall–Kier alpha value is -0.570. The molecule has 1 fully saturated rings. The van der Waals surface area contributed by atoms with E-state index in [4.69, 9.17) is 5.11 Å². The fourth-order valence-electron chi connectivity index (χ4n) is 3.00. The Bertz CT molecular complexity index is 240. The van der Waals surface area contributed by atoms with Crippen molar-refractivity contribution in [3.63, 3.8) is 0 Å². The fraction of sp³-hybridized carbons (Fsp3) is 0.917. The van der Waals surface area contributed by atoms with Crippen LogP contribution in [0.25, 0.3) is 0 Å². The zero-order valence-corrected chi connectivity index (χ0v) is 10.3. The summed E-state index contributed by atoms with van der Waals surface area (Å²) >= 11 is 0. The van der Waals surface area contributed by atoms with Gasteiger partial charge in [0.15, 0.2) is 0 Å². The van der Waals surface area contributed by atoms with E-state index in [1.54, 1.807) is 0 Å². The highest BCUT2D eigenvalue weighted by Gasteiger charge is 2.43. The number of nitrogens with zero attached hydrogens (tertiary/aromatic N) is 1. The summed E-state index contributed by atoms with van der Waals surface area (Å²) < 4.78 is 0. The molecule has 0 amide bonds. The summed E-state index contributed by atoms with van der Waals surface area (Å²) in [5, 5.41) is 9.06. The van der Waals surface area contributed by atoms with E-state index in [0.717, 1.165) is 12.8 Å². The van der Waals surface area contributed by atoms with Crippen molar-refractivity contribution in [3.05, 3.63) is 0 Å². The van der Waals surface area contributed by atoms with E-state index in [1.807, 2.05) is 14.1 Å². The molecule has 0 heterocycles. The van der Waals surface area contributed by atoms with Gasteiger partial charge in [0.2, 0.25) is 0 Å². The zero-order chi connectivity index (χ0) is 11.6. The largest absolute Gasteiger partial charge is 0.481 e. The number of carboxylic acids is 1. The summed E-state index contributed by atoms with van der Waals surface area (Å²) in [5.41, 5.74) is -0.135. The molecule has 3 atom stereocenters. The van der Waals surface area contributed by atoms with E-state index in [0.29, 0.717) is 11.8 Å². The Morgan fingerprint density at radius 1 is 1.40 bits per heavy atom. The van der Waals surface area contributed by atoms with Crippen molar-refractivity contribution < 1.29 is 9.90 Å². The van der Waals surface area contributed by atoms with Gasteiger partial charge in [-0.15, -0.1) is 0 Å². The maximum atomic E-state index is 11.0. The Morgan fingerprint density at radius 2 is 2.00 bits per heavy atom. The summed E-state index contributed by atoms with van der Waals surface area (Å²) in [4.78, 5) is 13.1. The molecule has 0 saturated heterocycles. The van der Waals surface area contributed by atoms with Gasteiger partial charge >= 0.3 is 5.97 Å².